The average molecular weight is 190 g/mol. The normalized spacial score (nSPS) is 15.2. The van der Waals surface area contributed by atoms with E-state index < -0.39 is 0 Å². The van der Waals surface area contributed by atoms with Gasteiger partial charge in [0.05, 0.1) is 24.5 Å². The average Bonchev–Trinajstić information content (AvgIpc) is 2.54. The van der Waals surface area contributed by atoms with E-state index in [1.807, 2.05) is 18.9 Å². The highest BCUT2D eigenvalue weighted by Gasteiger charge is 2.15. The van der Waals surface area contributed by atoms with Gasteiger partial charge >= 0.3 is 0 Å². The van der Waals surface area contributed by atoms with E-state index in [1.165, 1.54) is 5.56 Å². The van der Waals surface area contributed by atoms with Crippen LogP contribution in [0.15, 0.2) is 16.4 Å². The first kappa shape index (κ1) is 9.12. The van der Waals surface area contributed by atoms with Gasteiger partial charge in [-0.3, -0.25) is 4.98 Å². The third-order valence-electron chi connectivity index (χ3n) is 2.33. The Kier molecular flexibility index (Phi) is 2.19. The van der Waals surface area contributed by atoms with Gasteiger partial charge in [0.1, 0.15) is 0 Å². The molecule has 0 atom stereocenters. The van der Waals surface area contributed by atoms with Crippen LogP contribution in [0, 0.1) is 20.8 Å². The molecular weight excluding hydrogens is 176 g/mol. The minimum atomic E-state index is 0.784. The number of aryl methyl sites for hydroxylation is 3. The highest BCUT2D eigenvalue weighted by atomic mass is 15.6. The lowest BCUT2D eigenvalue weighted by Gasteiger charge is -2.17. The van der Waals surface area contributed by atoms with Gasteiger partial charge in [0, 0.05) is 5.69 Å². The van der Waals surface area contributed by atoms with Crippen LogP contribution in [0.25, 0.3) is 0 Å². The number of aromatic nitrogens is 1. The molecule has 0 spiro atoms. The van der Waals surface area contributed by atoms with Crippen LogP contribution in [0.5, 0.6) is 0 Å². The number of nitrogens with zero attached hydrogens (tertiary/aromatic N) is 4. The summed E-state index contributed by atoms with van der Waals surface area (Å²) < 4.78 is 0. The molecule has 0 aliphatic carbocycles. The quantitative estimate of drug-likeness (QED) is 0.681. The molecule has 2 rings (SSSR count). The van der Waals surface area contributed by atoms with E-state index in [9.17, 15) is 0 Å². The van der Waals surface area contributed by atoms with Crippen molar-refractivity contribution in [3.63, 3.8) is 0 Å². The van der Waals surface area contributed by atoms with E-state index in [1.54, 1.807) is 0 Å². The van der Waals surface area contributed by atoms with Crippen LogP contribution < -0.4 is 5.01 Å². The molecule has 0 fully saturated rings. The van der Waals surface area contributed by atoms with Gasteiger partial charge in [-0.05, 0) is 32.4 Å². The Morgan fingerprint density at radius 2 is 2.07 bits per heavy atom. The van der Waals surface area contributed by atoms with Crippen LogP contribution in [0.4, 0.5) is 5.69 Å². The Balaban J connectivity index is 2.46. The Morgan fingerprint density at radius 3 is 2.64 bits per heavy atom. The second-order valence-corrected chi connectivity index (χ2v) is 3.59. The van der Waals surface area contributed by atoms with Crippen LogP contribution in [0.2, 0.25) is 0 Å². The maximum absolute atomic E-state index is 4.44. The fraction of sp³-hybridized carbons (Fsp3) is 0.500. The molecule has 4 nitrogen and oxygen atoms in total. The Labute approximate surface area is 83.6 Å². The van der Waals surface area contributed by atoms with Crippen molar-refractivity contribution in [3.05, 3.63) is 23.0 Å². The van der Waals surface area contributed by atoms with E-state index in [0.717, 1.165) is 30.2 Å². The molecule has 0 saturated heterocycles. The van der Waals surface area contributed by atoms with Gasteiger partial charge in [-0.2, -0.15) is 5.11 Å². The molecule has 1 aliphatic rings. The van der Waals surface area contributed by atoms with Crippen molar-refractivity contribution in [1.82, 2.24) is 4.98 Å². The number of hydrogen-bond donors (Lipinski definition) is 0. The van der Waals surface area contributed by atoms with E-state index in [2.05, 4.69) is 28.3 Å². The van der Waals surface area contributed by atoms with Crippen molar-refractivity contribution < 1.29 is 0 Å². The molecule has 74 valence electrons. The van der Waals surface area contributed by atoms with E-state index in [4.69, 9.17) is 0 Å². The van der Waals surface area contributed by atoms with Crippen molar-refractivity contribution >= 4 is 5.69 Å². The monoisotopic (exact) mass is 190 g/mol. The fourth-order valence-electron chi connectivity index (χ4n) is 1.87. The van der Waals surface area contributed by atoms with Gasteiger partial charge in [-0.15, -0.1) is 0 Å². The van der Waals surface area contributed by atoms with Gasteiger partial charge in [0.2, 0.25) is 0 Å². The fourth-order valence-corrected chi connectivity index (χ4v) is 1.87. The highest BCUT2D eigenvalue weighted by molar-refractivity contribution is 5.56. The van der Waals surface area contributed by atoms with Crippen LogP contribution in [-0.4, -0.2) is 18.1 Å². The summed E-state index contributed by atoms with van der Waals surface area (Å²) in [5.41, 5.74) is 4.41. The maximum atomic E-state index is 4.44. The predicted octanol–water partition coefficient (Wildman–Crippen LogP) is 2.19. The number of pyridine rings is 1. The Morgan fingerprint density at radius 1 is 1.29 bits per heavy atom. The number of anilines is 1. The Hall–Kier alpha value is -1.45. The molecule has 0 aromatic carbocycles. The van der Waals surface area contributed by atoms with E-state index >= 15 is 0 Å². The van der Waals surface area contributed by atoms with Gasteiger partial charge in [-0.25, -0.2) is 5.01 Å². The summed E-state index contributed by atoms with van der Waals surface area (Å²) in [6.07, 6.45) is 0. The SMILES string of the molecule is Cc1cc(C)c(N2CCN=N2)c(C)n1. The largest absolute Gasteiger partial charge is 0.256 e. The Bertz CT molecular complexity index is 361. The van der Waals surface area contributed by atoms with Crippen molar-refractivity contribution in [2.24, 2.45) is 10.3 Å². The summed E-state index contributed by atoms with van der Waals surface area (Å²) in [5.74, 6) is 0. The molecule has 1 aliphatic heterocycles. The first-order chi connectivity index (χ1) is 6.68. The summed E-state index contributed by atoms with van der Waals surface area (Å²) in [5, 5.41) is 9.97. The van der Waals surface area contributed by atoms with Gasteiger partial charge in [-0.1, -0.05) is 5.22 Å². The van der Waals surface area contributed by atoms with Crippen LogP contribution in [0.3, 0.4) is 0 Å². The lowest BCUT2D eigenvalue weighted by atomic mass is 10.1. The second-order valence-electron chi connectivity index (χ2n) is 3.59. The molecule has 4 heteroatoms. The zero-order valence-electron chi connectivity index (χ0n) is 8.78. The molecule has 0 amide bonds. The van der Waals surface area contributed by atoms with Crippen molar-refractivity contribution in [2.75, 3.05) is 18.1 Å². The minimum Gasteiger partial charge on any atom is -0.256 e. The molecule has 1 aromatic heterocycles. The molecular formula is C10H14N4. The number of hydrogen-bond acceptors (Lipinski definition) is 4. The maximum Gasteiger partial charge on any atom is 0.0853 e. The molecule has 2 heterocycles. The predicted molar refractivity (Wildman–Crippen MR) is 55.5 cm³/mol. The summed E-state index contributed by atoms with van der Waals surface area (Å²) in [7, 11) is 0. The van der Waals surface area contributed by atoms with E-state index in [-0.39, 0.29) is 0 Å². The van der Waals surface area contributed by atoms with E-state index in [0.29, 0.717) is 0 Å². The molecule has 0 radical (unpaired) electrons. The van der Waals surface area contributed by atoms with Gasteiger partial charge < -0.3 is 0 Å². The first-order valence-electron chi connectivity index (χ1n) is 4.78. The van der Waals surface area contributed by atoms with Crippen molar-refractivity contribution in [3.8, 4) is 0 Å². The molecule has 14 heavy (non-hydrogen) atoms. The second kappa shape index (κ2) is 3.36. The third kappa shape index (κ3) is 1.47. The molecule has 0 bridgehead atoms. The topological polar surface area (TPSA) is 40.9 Å². The smallest absolute Gasteiger partial charge is 0.0853 e. The molecule has 0 N–H and O–H groups in total. The standard InChI is InChI=1S/C10H14N4/c1-7-6-8(2)12-9(3)10(7)14-5-4-11-13-14/h6H,4-5H2,1-3H3. The third-order valence-corrected chi connectivity index (χ3v) is 2.33. The summed E-state index contributed by atoms with van der Waals surface area (Å²) in [6.45, 7) is 7.77. The van der Waals surface area contributed by atoms with Crippen LogP contribution in [-0.2, 0) is 0 Å². The molecule has 1 aromatic rings. The minimum absolute atomic E-state index is 0.784. The first-order valence-corrected chi connectivity index (χ1v) is 4.78. The summed E-state index contributed by atoms with van der Waals surface area (Å²) in [4.78, 5) is 4.44. The summed E-state index contributed by atoms with van der Waals surface area (Å²) >= 11 is 0. The van der Waals surface area contributed by atoms with Gasteiger partial charge in [0.25, 0.3) is 0 Å². The zero-order valence-corrected chi connectivity index (χ0v) is 8.78. The number of rotatable bonds is 1. The summed E-state index contributed by atoms with van der Waals surface area (Å²) in [6, 6.07) is 2.08. The molecule has 0 unspecified atom stereocenters. The van der Waals surface area contributed by atoms with Crippen LogP contribution in [0.1, 0.15) is 17.0 Å². The lowest BCUT2D eigenvalue weighted by Crippen LogP contribution is -2.17. The zero-order chi connectivity index (χ0) is 10.1. The van der Waals surface area contributed by atoms with Crippen molar-refractivity contribution in [2.45, 2.75) is 20.8 Å². The van der Waals surface area contributed by atoms with Crippen molar-refractivity contribution in [1.29, 1.82) is 0 Å². The highest BCUT2D eigenvalue weighted by Crippen LogP contribution is 2.25. The lowest BCUT2D eigenvalue weighted by molar-refractivity contribution is 0.911. The van der Waals surface area contributed by atoms with Gasteiger partial charge in [0.15, 0.2) is 0 Å². The molecule has 0 saturated carbocycles. The van der Waals surface area contributed by atoms with Crippen LogP contribution >= 0.6 is 0 Å².